The molecule has 2 aromatic carbocycles. The van der Waals surface area contributed by atoms with E-state index in [-0.39, 0.29) is 12.2 Å². The van der Waals surface area contributed by atoms with E-state index < -0.39 is 5.91 Å². The predicted molar refractivity (Wildman–Crippen MR) is 89.7 cm³/mol. The molecule has 0 aliphatic carbocycles. The summed E-state index contributed by atoms with van der Waals surface area (Å²) in [5.74, 6) is -0.308. The second-order valence-electron chi connectivity index (χ2n) is 4.97. The molecule has 0 unspecified atom stereocenters. The molecule has 23 heavy (non-hydrogen) atoms. The molecule has 6 heteroatoms. The number of nitrogens with one attached hydrogen (secondary N) is 1. The van der Waals surface area contributed by atoms with E-state index in [1.807, 2.05) is 18.2 Å². The molecule has 1 heterocycles. The first-order valence-electron chi connectivity index (χ1n) is 6.88. The highest BCUT2D eigenvalue weighted by molar-refractivity contribution is 6.31. The van der Waals surface area contributed by atoms with Crippen molar-refractivity contribution in [3.8, 4) is 16.9 Å². The number of carbonyl (C=O) groups excluding carboxylic acids is 1. The number of aromatic amines is 1. The number of primary amides is 1. The number of hydrogen-bond donors (Lipinski definition) is 2. The number of fused-ring (bicyclic) bond motifs is 1. The Labute approximate surface area is 136 Å². The van der Waals surface area contributed by atoms with E-state index in [4.69, 9.17) is 22.1 Å². The monoisotopic (exact) mass is 328 g/mol. The van der Waals surface area contributed by atoms with Crippen LogP contribution in [-0.2, 0) is 4.79 Å². The number of benzene rings is 2. The topological polar surface area (TPSA) is 85.2 Å². The number of amides is 1. The second-order valence-corrected chi connectivity index (χ2v) is 5.41. The van der Waals surface area contributed by atoms with Crippen LogP contribution in [0.2, 0.25) is 5.02 Å². The molecule has 0 aliphatic heterocycles. The Bertz CT molecular complexity index is 936. The van der Waals surface area contributed by atoms with Crippen LogP contribution in [0.1, 0.15) is 0 Å². The summed E-state index contributed by atoms with van der Waals surface area (Å²) in [6, 6.07) is 14.1. The fraction of sp³-hybridized carbons (Fsp3) is 0.0588. The molecule has 0 spiro atoms. The Balaban J connectivity index is 2.31. The molecule has 1 amide bonds. The van der Waals surface area contributed by atoms with Crippen LogP contribution in [0.25, 0.3) is 22.0 Å². The van der Waals surface area contributed by atoms with Crippen LogP contribution in [0.4, 0.5) is 0 Å². The zero-order chi connectivity index (χ0) is 16.4. The summed E-state index contributed by atoms with van der Waals surface area (Å²) in [4.78, 5) is 26.4. The molecule has 0 aliphatic rings. The van der Waals surface area contributed by atoms with Crippen molar-refractivity contribution in [1.82, 2.24) is 4.98 Å². The number of pyridine rings is 1. The highest BCUT2D eigenvalue weighted by Gasteiger charge is 2.16. The van der Waals surface area contributed by atoms with E-state index in [0.29, 0.717) is 32.8 Å². The van der Waals surface area contributed by atoms with Gasteiger partial charge in [0.1, 0.15) is 5.75 Å². The molecule has 3 rings (SSSR count). The standard InChI is InChI=1S/C17H13ClN2O3/c18-11-6-7-12-13(8-11)20-17(22)15(10-4-2-1-3-5-10)16(12)23-9-14(19)21/h1-8H,9H2,(H2,19,21)(H,20,22). The summed E-state index contributed by atoms with van der Waals surface area (Å²) in [5.41, 5.74) is 6.40. The third kappa shape index (κ3) is 3.05. The highest BCUT2D eigenvalue weighted by Crippen LogP contribution is 2.34. The lowest BCUT2D eigenvalue weighted by Gasteiger charge is -2.13. The van der Waals surface area contributed by atoms with Gasteiger partial charge in [0.2, 0.25) is 0 Å². The van der Waals surface area contributed by atoms with E-state index in [2.05, 4.69) is 4.98 Å². The van der Waals surface area contributed by atoms with E-state index in [1.54, 1.807) is 30.3 Å². The number of hydrogen-bond acceptors (Lipinski definition) is 3. The SMILES string of the molecule is NC(=O)COc1c(-c2ccccc2)c(=O)[nH]c2cc(Cl)ccc12. The molecular formula is C17H13ClN2O3. The number of halogens is 1. The van der Waals surface area contributed by atoms with Gasteiger partial charge in [-0.2, -0.15) is 0 Å². The van der Waals surface area contributed by atoms with Crippen molar-refractivity contribution >= 4 is 28.4 Å². The quantitative estimate of drug-likeness (QED) is 0.772. The van der Waals surface area contributed by atoms with Gasteiger partial charge >= 0.3 is 0 Å². The Morgan fingerprint density at radius 2 is 1.91 bits per heavy atom. The fourth-order valence-corrected chi connectivity index (χ4v) is 2.57. The molecule has 0 saturated heterocycles. The van der Waals surface area contributed by atoms with Gasteiger partial charge in [0.15, 0.2) is 6.61 Å². The molecule has 0 atom stereocenters. The van der Waals surface area contributed by atoms with Crippen molar-refractivity contribution in [2.45, 2.75) is 0 Å². The number of nitrogens with two attached hydrogens (primary N) is 1. The number of aromatic nitrogens is 1. The lowest BCUT2D eigenvalue weighted by atomic mass is 10.0. The third-order valence-electron chi connectivity index (χ3n) is 3.35. The van der Waals surface area contributed by atoms with Gasteiger partial charge in [-0.05, 0) is 23.8 Å². The lowest BCUT2D eigenvalue weighted by molar-refractivity contribution is -0.119. The van der Waals surface area contributed by atoms with Crippen molar-refractivity contribution in [2.24, 2.45) is 5.73 Å². The molecular weight excluding hydrogens is 316 g/mol. The molecule has 5 nitrogen and oxygen atoms in total. The van der Waals surface area contributed by atoms with Gasteiger partial charge in [-0.1, -0.05) is 41.9 Å². The Morgan fingerprint density at radius 3 is 2.61 bits per heavy atom. The van der Waals surface area contributed by atoms with Crippen LogP contribution in [0.5, 0.6) is 5.75 Å². The molecule has 3 N–H and O–H groups in total. The van der Waals surface area contributed by atoms with Crippen LogP contribution in [0.3, 0.4) is 0 Å². The average Bonchev–Trinajstić information content (AvgIpc) is 2.52. The zero-order valence-corrected chi connectivity index (χ0v) is 12.8. The number of H-pyrrole nitrogens is 1. The number of rotatable bonds is 4. The molecule has 0 fully saturated rings. The maximum absolute atomic E-state index is 12.5. The van der Waals surface area contributed by atoms with Gasteiger partial charge in [0.05, 0.1) is 11.1 Å². The number of ether oxygens (including phenoxy) is 1. The van der Waals surface area contributed by atoms with E-state index in [1.165, 1.54) is 0 Å². The minimum absolute atomic E-state index is 0.311. The van der Waals surface area contributed by atoms with Crippen molar-refractivity contribution in [3.05, 3.63) is 63.9 Å². The van der Waals surface area contributed by atoms with Gasteiger partial charge in [-0.15, -0.1) is 0 Å². The van der Waals surface area contributed by atoms with Crippen LogP contribution >= 0.6 is 11.6 Å². The van der Waals surface area contributed by atoms with E-state index >= 15 is 0 Å². The molecule has 116 valence electrons. The van der Waals surface area contributed by atoms with E-state index in [9.17, 15) is 9.59 Å². The number of carbonyl (C=O) groups is 1. The highest BCUT2D eigenvalue weighted by atomic mass is 35.5. The normalized spacial score (nSPS) is 10.7. The maximum Gasteiger partial charge on any atom is 0.260 e. The van der Waals surface area contributed by atoms with Crippen LogP contribution in [0.15, 0.2) is 53.3 Å². The summed E-state index contributed by atoms with van der Waals surface area (Å²) in [6.07, 6.45) is 0. The van der Waals surface area contributed by atoms with Crippen molar-refractivity contribution < 1.29 is 9.53 Å². The summed E-state index contributed by atoms with van der Waals surface area (Å²) < 4.78 is 5.55. The predicted octanol–water partition coefficient (Wildman–Crippen LogP) is 2.71. The molecule has 0 bridgehead atoms. The van der Waals surface area contributed by atoms with Gasteiger partial charge in [-0.25, -0.2) is 0 Å². The first kappa shape index (κ1) is 15.1. The minimum atomic E-state index is -0.619. The van der Waals surface area contributed by atoms with Crippen molar-refractivity contribution in [2.75, 3.05) is 6.61 Å². The van der Waals surface area contributed by atoms with Gasteiger partial charge < -0.3 is 15.5 Å². The van der Waals surface area contributed by atoms with Gasteiger partial charge in [-0.3, -0.25) is 9.59 Å². The van der Waals surface area contributed by atoms with Gasteiger partial charge in [0, 0.05) is 10.4 Å². The second kappa shape index (κ2) is 6.14. The summed E-state index contributed by atoms with van der Waals surface area (Å²) in [7, 11) is 0. The Hall–Kier alpha value is -2.79. The maximum atomic E-state index is 12.5. The van der Waals surface area contributed by atoms with Crippen molar-refractivity contribution in [3.63, 3.8) is 0 Å². The summed E-state index contributed by atoms with van der Waals surface area (Å²) in [6.45, 7) is -0.318. The summed E-state index contributed by atoms with van der Waals surface area (Å²) >= 11 is 5.97. The van der Waals surface area contributed by atoms with Crippen LogP contribution < -0.4 is 16.0 Å². The third-order valence-corrected chi connectivity index (χ3v) is 3.58. The summed E-state index contributed by atoms with van der Waals surface area (Å²) in [5, 5.41) is 1.13. The lowest BCUT2D eigenvalue weighted by Crippen LogP contribution is -2.21. The molecule has 0 radical (unpaired) electrons. The fourth-order valence-electron chi connectivity index (χ4n) is 2.40. The minimum Gasteiger partial charge on any atom is -0.482 e. The Kier molecular flexibility index (Phi) is 4.04. The van der Waals surface area contributed by atoms with E-state index in [0.717, 1.165) is 0 Å². The largest absolute Gasteiger partial charge is 0.482 e. The van der Waals surface area contributed by atoms with Crippen molar-refractivity contribution in [1.29, 1.82) is 0 Å². The Morgan fingerprint density at radius 1 is 1.17 bits per heavy atom. The molecule has 3 aromatic rings. The smallest absolute Gasteiger partial charge is 0.260 e. The molecule has 0 saturated carbocycles. The first-order valence-corrected chi connectivity index (χ1v) is 7.26. The van der Waals surface area contributed by atoms with Gasteiger partial charge in [0.25, 0.3) is 11.5 Å². The first-order chi connectivity index (χ1) is 11.1. The zero-order valence-electron chi connectivity index (χ0n) is 12.0. The van der Waals surface area contributed by atoms with Crippen LogP contribution in [0, 0.1) is 0 Å². The van der Waals surface area contributed by atoms with Crippen LogP contribution in [-0.4, -0.2) is 17.5 Å². The molecule has 1 aromatic heterocycles. The average molecular weight is 329 g/mol.